The number of rotatable bonds is 4. The minimum absolute atomic E-state index is 0.0799. The molecule has 2 rings (SSSR count). The van der Waals surface area contributed by atoms with Crippen molar-refractivity contribution < 1.29 is 8.42 Å². The number of hydrogen-bond acceptors (Lipinski definition) is 4. The average Bonchev–Trinajstić information content (AvgIpc) is 2.38. The van der Waals surface area contributed by atoms with Gasteiger partial charge in [-0.2, -0.15) is 0 Å². The van der Waals surface area contributed by atoms with Gasteiger partial charge in [-0.05, 0) is 30.4 Å². The van der Waals surface area contributed by atoms with Gasteiger partial charge in [0, 0.05) is 19.3 Å². The van der Waals surface area contributed by atoms with Crippen LogP contribution in [0.5, 0.6) is 0 Å². The SMILES string of the molecule is CC1CC(C)CN(S(=O)(=O)CC(N)c2ccccn2)C1. The van der Waals surface area contributed by atoms with Crippen molar-refractivity contribution in [3.05, 3.63) is 30.1 Å². The Kier molecular flexibility index (Phi) is 4.78. The molecule has 3 unspecified atom stereocenters. The lowest BCUT2D eigenvalue weighted by molar-refractivity contribution is 0.222. The molecule has 20 heavy (non-hydrogen) atoms. The van der Waals surface area contributed by atoms with Crippen LogP contribution in [-0.2, 0) is 10.0 Å². The third kappa shape index (κ3) is 3.77. The second-order valence-corrected chi connectivity index (χ2v) is 7.92. The van der Waals surface area contributed by atoms with Gasteiger partial charge in [0.25, 0.3) is 0 Å². The normalized spacial score (nSPS) is 26.4. The van der Waals surface area contributed by atoms with Crippen molar-refractivity contribution >= 4 is 10.0 Å². The Balaban J connectivity index is 2.07. The van der Waals surface area contributed by atoms with Gasteiger partial charge in [0.15, 0.2) is 0 Å². The van der Waals surface area contributed by atoms with E-state index in [1.54, 1.807) is 22.6 Å². The third-order valence-electron chi connectivity index (χ3n) is 3.69. The predicted octanol–water partition coefficient (Wildman–Crippen LogP) is 1.39. The molecule has 1 aliphatic heterocycles. The first kappa shape index (κ1) is 15.4. The first-order valence-electron chi connectivity index (χ1n) is 7.03. The smallest absolute Gasteiger partial charge is 0.216 e. The van der Waals surface area contributed by atoms with Crippen molar-refractivity contribution in [2.45, 2.75) is 26.3 Å². The Morgan fingerprint density at radius 2 is 2.00 bits per heavy atom. The van der Waals surface area contributed by atoms with Crippen molar-refractivity contribution in [3.8, 4) is 0 Å². The maximum Gasteiger partial charge on any atom is 0.216 e. The van der Waals surface area contributed by atoms with E-state index in [9.17, 15) is 8.42 Å². The summed E-state index contributed by atoms with van der Waals surface area (Å²) in [6, 6.07) is 4.80. The lowest BCUT2D eigenvalue weighted by Crippen LogP contribution is -2.45. The molecule has 112 valence electrons. The first-order chi connectivity index (χ1) is 9.38. The Morgan fingerprint density at radius 3 is 2.55 bits per heavy atom. The van der Waals surface area contributed by atoms with Gasteiger partial charge in [-0.15, -0.1) is 0 Å². The fourth-order valence-corrected chi connectivity index (χ4v) is 4.64. The molecule has 1 aromatic heterocycles. The fraction of sp³-hybridized carbons (Fsp3) is 0.643. The summed E-state index contributed by atoms with van der Waals surface area (Å²) in [6.45, 7) is 5.39. The second kappa shape index (κ2) is 6.20. The molecular formula is C14H23N3O2S. The molecule has 0 radical (unpaired) electrons. The molecule has 0 bridgehead atoms. The molecule has 0 spiro atoms. The topological polar surface area (TPSA) is 76.3 Å². The highest BCUT2D eigenvalue weighted by molar-refractivity contribution is 7.89. The number of nitrogens with two attached hydrogens (primary N) is 1. The van der Waals surface area contributed by atoms with Gasteiger partial charge in [-0.1, -0.05) is 19.9 Å². The van der Waals surface area contributed by atoms with Crippen LogP contribution in [0.25, 0.3) is 0 Å². The molecule has 6 heteroatoms. The maximum atomic E-state index is 12.5. The molecule has 0 aliphatic carbocycles. The van der Waals surface area contributed by atoms with Crippen LogP contribution < -0.4 is 5.73 Å². The number of hydrogen-bond donors (Lipinski definition) is 1. The summed E-state index contributed by atoms with van der Waals surface area (Å²) in [5.41, 5.74) is 6.61. The largest absolute Gasteiger partial charge is 0.322 e. The van der Waals surface area contributed by atoms with E-state index < -0.39 is 16.1 Å². The monoisotopic (exact) mass is 297 g/mol. The lowest BCUT2D eigenvalue weighted by atomic mass is 9.94. The lowest BCUT2D eigenvalue weighted by Gasteiger charge is -2.34. The highest BCUT2D eigenvalue weighted by atomic mass is 32.2. The summed E-state index contributed by atoms with van der Waals surface area (Å²) in [6.07, 6.45) is 2.71. The van der Waals surface area contributed by atoms with E-state index in [2.05, 4.69) is 18.8 Å². The number of aromatic nitrogens is 1. The van der Waals surface area contributed by atoms with Crippen molar-refractivity contribution in [1.29, 1.82) is 0 Å². The van der Waals surface area contributed by atoms with Gasteiger partial charge in [0.1, 0.15) is 0 Å². The van der Waals surface area contributed by atoms with Crippen molar-refractivity contribution in [1.82, 2.24) is 9.29 Å². The van der Waals surface area contributed by atoms with Gasteiger partial charge in [-0.25, -0.2) is 12.7 Å². The molecule has 0 amide bonds. The summed E-state index contributed by atoms with van der Waals surface area (Å²) in [4.78, 5) is 4.13. The Bertz CT molecular complexity index is 523. The minimum Gasteiger partial charge on any atom is -0.322 e. The number of pyridine rings is 1. The van der Waals surface area contributed by atoms with Crippen LogP contribution in [-0.4, -0.2) is 36.5 Å². The van der Waals surface area contributed by atoms with E-state index in [0.29, 0.717) is 30.6 Å². The van der Waals surface area contributed by atoms with Crippen LogP contribution in [0, 0.1) is 11.8 Å². The van der Waals surface area contributed by atoms with Crippen LogP contribution in [0.3, 0.4) is 0 Å². The van der Waals surface area contributed by atoms with Crippen molar-refractivity contribution in [3.63, 3.8) is 0 Å². The number of piperidine rings is 1. The van der Waals surface area contributed by atoms with E-state index in [1.165, 1.54) is 0 Å². The highest BCUT2D eigenvalue weighted by Gasteiger charge is 2.31. The maximum absolute atomic E-state index is 12.5. The summed E-state index contributed by atoms with van der Waals surface area (Å²) < 4.78 is 26.5. The van der Waals surface area contributed by atoms with Gasteiger partial charge < -0.3 is 5.73 Å². The molecule has 1 saturated heterocycles. The molecular weight excluding hydrogens is 274 g/mol. The summed E-state index contributed by atoms with van der Waals surface area (Å²) in [5, 5.41) is 0. The Labute approximate surface area is 121 Å². The molecule has 1 fully saturated rings. The highest BCUT2D eigenvalue weighted by Crippen LogP contribution is 2.24. The molecule has 2 N–H and O–H groups in total. The van der Waals surface area contributed by atoms with Crippen LogP contribution in [0.15, 0.2) is 24.4 Å². The van der Waals surface area contributed by atoms with Gasteiger partial charge in [0.05, 0.1) is 17.5 Å². The van der Waals surface area contributed by atoms with Gasteiger partial charge in [-0.3, -0.25) is 4.98 Å². The Morgan fingerprint density at radius 1 is 1.35 bits per heavy atom. The third-order valence-corrected chi connectivity index (χ3v) is 5.55. The average molecular weight is 297 g/mol. The molecule has 0 saturated carbocycles. The molecule has 2 heterocycles. The first-order valence-corrected chi connectivity index (χ1v) is 8.63. The standard InChI is InChI=1S/C14H23N3O2S/c1-11-7-12(2)9-17(8-11)20(18,19)10-13(15)14-5-3-4-6-16-14/h3-6,11-13H,7-10,15H2,1-2H3. The molecule has 5 nitrogen and oxygen atoms in total. The zero-order valence-electron chi connectivity index (χ0n) is 12.1. The molecule has 1 aromatic rings. The van der Waals surface area contributed by atoms with Crippen LogP contribution in [0.4, 0.5) is 0 Å². The zero-order chi connectivity index (χ0) is 14.8. The van der Waals surface area contributed by atoms with Crippen LogP contribution in [0.1, 0.15) is 32.0 Å². The number of nitrogens with zero attached hydrogens (tertiary/aromatic N) is 2. The fourth-order valence-electron chi connectivity index (χ4n) is 2.85. The second-order valence-electron chi connectivity index (χ2n) is 5.90. The number of sulfonamides is 1. The van der Waals surface area contributed by atoms with E-state index >= 15 is 0 Å². The molecule has 0 aromatic carbocycles. The minimum atomic E-state index is -3.33. The predicted molar refractivity (Wildman–Crippen MR) is 79.5 cm³/mol. The van der Waals surface area contributed by atoms with Gasteiger partial charge >= 0.3 is 0 Å². The van der Waals surface area contributed by atoms with E-state index in [-0.39, 0.29) is 5.75 Å². The zero-order valence-corrected chi connectivity index (χ0v) is 12.9. The van der Waals surface area contributed by atoms with Gasteiger partial charge in [0.2, 0.25) is 10.0 Å². The van der Waals surface area contributed by atoms with Crippen LogP contribution >= 0.6 is 0 Å². The van der Waals surface area contributed by atoms with E-state index in [0.717, 1.165) is 6.42 Å². The van der Waals surface area contributed by atoms with Crippen molar-refractivity contribution in [2.75, 3.05) is 18.8 Å². The Hall–Kier alpha value is -0.980. The summed E-state index contributed by atoms with van der Waals surface area (Å²) >= 11 is 0. The van der Waals surface area contributed by atoms with E-state index in [1.807, 2.05) is 6.07 Å². The van der Waals surface area contributed by atoms with Crippen LogP contribution in [0.2, 0.25) is 0 Å². The van der Waals surface area contributed by atoms with E-state index in [4.69, 9.17) is 5.73 Å². The van der Waals surface area contributed by atoms with Crippen molar-refractivity contribution in [2.24, 2.45) is 17.6 Å². The molecule has 1 aliphatic rings. The summed E-state index contributed by atoms with van der Waals surface area (Å²) in [5.74, 6) is 0.725. The quantitative estimate of drug-likeness (QED) is 0.911. The summed E-state index contributed by atoms with van der Waals surface area (Å²) in [7, 11) is -3.33. The molecule has 3 atom stereocenters.